The van der Waals surface area contributed by atoms with Crippen LogP contribution < -0.4 is 0 Å². The lowest BCUT2D eigenvalue weighted by molar-refractivity contribution is 0.585. The van der Waals surface area contributed by atoms with Gasteiger partial charge in [0, 0.05) is 5.39 Å². The van der Waals surface area contributed by atoms with Gasteiger partial charge in [-0.25, -0.2) is 12.8 Å². The third-order valence-electron chi connectivity index (χ3n) is 4.71. The van der Waals surface area contributed by atoms with Crippen LogP contribution in [0.25, 0.3) is 16.3 Å². The summed E-state index contributed by atoms with van der Waals surface area (Å²) in [5, 5.41) is 0.848. The Balaban J connectivity index is 1.91. The van der Waals surface area contributed by atoms with Gasteiger partial charge in [0.05, 0.1) is 10.5 Å². The zero-order valence-electron chi connectivity index (χ0n) is 11.4. The largest absolute Gasteiger partial charge is 0.228 e. The molecule has 1 saturated heterocycles. The Morgan fingerprint density at radius 2 is 1.76 bits per heavy atom. The molecule has 0 aromatic heterocycles. The minimum absolute atomic E-state index is 0.235. The lowest BCUT2D eigenvalue weighted by Gasteiger charge is -2.21. The van der Waals surface area contributed by atoms with Crippen LogP contribution in [-0.4, -0.2) is 18.9 Å². The molecule has 0 radical (unpaired) electrons. The highest BCUT2D eigenvalue weighted by atomic mass is 32.2. The first-order valence-corrected chi connectivity index (χ1v) is 8.79. The Hall–Kier alpha value is -1.68. The van der Waals surface area contributed by atoms with Crippen LogP contribution in [0.5, 0.6) is 0 Å². The van der Waals surface area contributed by atoms with Crippen LogP contribution in [0.3, 0.4) is 0 Å². The van der Waals surface area contributed by atoms with Gasteiger partial charge in [0.15, 0.2) is 9.84 Å². The van der Waals surface area contributed by atoms with Crippen LogP contribution in [0, 0.1) is 5.82 Å². The maximum atomic E-state index is 13.9. The van der Waals surface area contributed by atoms with Crippen LogP contribution >= 0.6 is 0 Å². The van der Waals surface area contributed by atoms with Crippen LogP contribution in [0.15, 0.2) is 42.5 Å². The SMILES string of the molecule is O=S1(=O)C2C=C(c3ccc(F)c4ccccc34)CC1CC2. The first-order valence-electron chi connectivity index (χ1n) is 7.18. The summed E-state index contributed by atoms with van der Waals surface area (Å²) in [6.45, 7) is 0. The summed E-state index contributed by atoms with van der Waals surface area (Å²) in [4.78, 5) is 0. The number of benzene rings is 2. The van der Waals surface area contributed by atoms with E-state index in [-0.39, 0.29) is 16.3 Å². The highest BCUT2D eigenvalue weighted by Crippen LogP contribution is 2.42. The molecule has 2 atom stereocenters. The van der Waals surface area contributed by atoms with Gasteiger partial charge in [0.1, 0.15) is 5.82 Å². The molecule has 0 amide bonds. The van der Waals surface area contributed by atoms with Gasteiger partial charge in [0.2, 0.25) is 0 Å². The highest BCUT2D eigenvalue weighted by Gasteiger charge is 2.43. The fraction of sp³-hybridized carbons (Fsp3) is 0.294. The average molecular weight is 302 g/mol. The van der Waals surface area contributed by atoms with E-state index in [9.17, 15) is 12.8 Å². The quantitative estimate of drug-likeness (QED) is 0.804. The molecule has 2 aromatic rings. The summed E-state index contributed by atoms with van der Waals surface area (Å²) in [7, 11) is -2.98. The monoisotopic (exact) mass is 302 g/mol. The molecule has 108 valence electrons. The van der Waals surface area contributed by atoms with E-state index in [0.717, 1.165) is 29.4 Å². The zero-order chi connectivity index (χ0) is 14.6. The number of sulfone groups is 1. The van der Waals surface area contributed by atoms with Crippen molar-refractivity contribution < 1.29 is 12.8 Å². The van der Waals surface area contributed by atoms with Crippen LogP contribution in [0.4, 0.5) is 4.39 Å². The average Bonchev–Trinajstić information content (AvgIpc) is 2.68. The van der Waals surface area contributed by atoms with Gasteiger partial charge in [-0.2, -0.15) is 0 Å². The molecular weight excluding hydrogens is 287 g/mol. The van der Waals surface area contributed by atoms with Crippen molar-refractivity contribution in [1.29, 1.82) is 0 Å². The van der Waals surface area contributed by atoms with E-state index >= 15 is 0 Å². The Kier molecular flexibility index (Phi) is 2.73. The van der Waals surface area contributed by atoms with Crippen LogP contribution in [0.2, 0.25) is 0 Å². The molecule has 4 heteroatoms. The van der Waals surface area contributed by atoms with Gasteiger partial charge in [-0.05, 0) is 41.9 Å². The molecule has 2 heterocycles. The van der Waals surface area contributed by atoms with Crippen molar-refractivity contribution in [2.75, 3.05) is 0 Å². The van der Waals surface area contributed by atoms with Gasteiger partial charge >= 0.3 is 0 Å². The minimum Gasteiger partial charge on any atom is -0.228 e. The third kappa shape index (κ3) is 1.85. The minimum atomic E-state index is -2.98. The van der Waals surface area contributed by atoms with Crippen molar-refractivity contribution in [2.45, 2.75) is 29.8 Å². The molecule has 21 heavy (non-hydrogen) atoms. The van der Waals surface area contributed by atoms with Crippen molar-refractivity contribution in [3.8, 4) is 0 Å². The maximum Gasteiger partial charge on any atom is 0.159 e. The fourth-order valence-corrected chi connectivity index (χ4v) is 5.79. The summed E-state index contributed by atoms with van der Waals surface area (Å²) < 4.78 is 38.2. The molecule has 0 spiro atoms. The van der Waals surface area contributed by atoms with Gasteiger partial charge in [-0.1, -0.05) is 36.4 Å². The van der Waals surface area contributed by atoms with Gasteiger partial charge in [-0.15, -0.1) is 0 Å². The lowest BCUT2D eigenvalue weighted by atomic mass is 9.95. The topological polar surface area (TPSA) is 34.1 Å². The second kappa shape index (κ2) is 4.41. The molecule has 2 aliphatic rings. The fourth-order valence-electron chi connectivity index (χ4n) is 3.60. The molecule has 4 rings (SSSR count). The molecule has 2 nitrogen and oxygen atoms in total. The van der Waals surface area contributed by atoms with E-state index in [1.165, 1.54) is 6.07 Å². The molecule has 0 N–H and O–H groups in total. The second-order valence-corrected chi connectivity index (χ2v) is 8.31. The van der Waals surface area contributed by atoms with Gasteiger partial charge < -0.3 is 0 Å². The first-order chi connectivity index (χ1) is 10.1. The predicted molar refractivity (Wildman–Crippen MR) is 82.2 cm³/mol. The Morgan fingerprint density at radius 3 is 2.52 bits per heavy atom. The number of allylic oxidation sites excluding steroid dienone is 1. The molecule has 2 bridgehead atoms. The van der Waals surface area contributed by atoms with Crippen LogP contribution in [-0.2, 0) is 9.84 Å². The number of hydrogen-bond acceptors (Lipinski definition) is 2. The van der Waals surface area contributed by atoms with Crippen molar-refractivity contribution in [1.82, 2.24) is 0 Å². The second-order valence-electron chi connectivity index (χ2n) is 5.86. The van der Waals surface area contributed by atoms with Crippen molar-refractivity contribution in [3.63, 3.8) is 0 Å². The molecule has 0 aliphatic carbocycles. The van der Waals surface area contributed by atoms with Gasteiger partial charge in [0.25, 0.3) is 0 Å². The van der Waals surface area contributed by atoms with Crippen molar-refractivity contribution in [3.05, 3.63) is 53.9 Å². The van der Waals surface area contributed by atoms with E-state index < -0.39 is 9.84 Å². The van der Waals surface area contributed by atoms with E-state index in [4.69, 9.17) is 0 Å². The molecule has 2 unspecified atom stereocenters. The normalized spacial score (nSPS) is 26.8. The maximum absolute atomic E-state index is 13.9. The van der Waals surface area contributed by atoms with E-state index in [1.807, 2.05) is 24.3 Å². The number of rotatable bonds is 1. The Labute approximate surface area is 123 Å². The third-order valence-corrected chi connectivity index (χ3v) is 7.26. The summed E-state index contributed by atoms with van der Waals surface area (Å²) in [6, 6.07) is 10.6. The first kappa shape index (κ1) is 13.0. The number of hydrogen-bond donors (Lipinski definition) is 0. The Morgan fingerprint density at radius 1 is 1.00 bits per heavy atom. The zero-order valence-corrected chi connectivity index (χ0v) is 12.2. The molecule has 1 fully saturated rings. The molecular formula is C17H15FO2S. The summed E-state index contributed by atoms with van der Waals surface area (Å²) in [5.41, 5.74) is 2.02. The summed E-state index contributed by atoms with van der Waals surface area (Å²) in [6.07, 6.45) is 3.90. The molecule has 2 aromatic carbocycles. The molecule has 2 aliphatic heterocycles. The van der Waals surface area contributed by atoms with Crippen molar-refractivity contribution in [2.24, 2.45) is 0 Å². The lowest BCUT2D eigenvalue weighted by Crippen LogP contribution is -2.26. The van der Waals surface area contributed by atoms with Gasteiger partial charge in [-0.3, -0.25) is 0 Å². The van der Waals surface area contributed by atoms with E-state index in [0.29, 0.717) is 11.8 Å². The Bertz CT molecular complexity index is 867. The smallest absolute Gasteiger partial charge is 0.159 e. The van der Waals surface area contributed by atoms with E-state index in [2.05, 4.69) is 0 Å². The molecule has 0 saturated carbocycles. The van der Waals surface area contributed by atoms with Crippen molar-refractivity contribution >= 4 is 26.2 Å². The standard InChI is InChI=1S/C17H15FO2S/c18-17-8-7-14(15-3-1-2-4-16(15)17)11-9-12-5-6-13(10-11)21(12,19)20/h1-4,7-9,12-13H,5-6,10H2. The van der Waals surface area contributed by atoms with Crippen LogP contribution in [0.1, 0.15) is 24.8 Å². The highest BCUT2D eigenvalue weighted by molar-refractivity contribution is 7.93. The number of halogens is 1. The summed E-state index contributed by atoms with van der Waals surface area (Å²) in [5.74, 6) is -0.235. The predicted octanol–water partition coefficient (Wildman–Crippen LogP) is 3.71. The summed E-state index contributed by atoms with van der Waals surface area (Å²) >= 11 is 0. The van der Waals surface area contributed by atoms with E-state index in [1.54, 1.807) is 12.1 Å². The number of fused-ring (bicyclic) bond motifs is 3.